The molecule has 2 N–H and O–H groups in total. The van der Waals surface area contributed by atoms with E-state index in [0.29, 0.717) is 86.6 Å². The average molecular weight is 728 g/mol. The molecule has 2 aliphatic heterocycles. The number of hydrogen-bond donors (Lipinski definition) is 2. The fourth-order valence-corrected chi connectivity index (χ4v) is 7.64. The van der Waals surface area contributed by atoms with Gasteiger partial charge in [0.15, 0.2) is 0 Å². The van der Waals surface area contributed by atoms with Crippen LogP contribution in [0.2, 0.25) is 0 Å². The largest absolute Gasteiger partial charge is 0.493 e. The number of hydrogen-bond acceptors (Lipinski definition) is 7. The summed E-state index contributed by atoms with van der Waals surface area (Å²) in [5.74, 6) is -0.606. The first-order valence-electron chi connectivity index (χ1n) is 19.2. The molecule has 1 atom stereocenters. The van der Waals surface area contributed by atoms with Crippen LogP contribution in [-0.2, 0) is 29.5 Å². The first-order valence-corrected chi connectivity index (χ1v) is 19.2. The standard InChI is InChI=1S/C38H43FN4O5.C4H11N/c1-25-33-34-30(39)15-14-29-28(12-8-22-47-31-13-7-10-26-9-3-4-11-27(26)31)37(38(44)45)43(36(29)34)17-5-6-21-48-32(35(33)40-41(25)2)16-18-42-19-23-46-24-20-42;1-3-5-4-2/h3-4,7,9-11,13-15,32H,5-6,8,12,16-24H2,1-2H3,(H,44,45);5H,3-4H2,1-2H3. The lowest BCUT2D eigenvalue weighted by molar-refractivity contribution is 0.00973. The third-order valence-corrected chi connectivity index (χ3v) is 10.4. The normalized spacial score (nSPS) is 16.5. The Balaban J connectivity index is 0.000000902. The van der Waals surface area contributed by atoms with Crippen molar-refractivity contribution in [3.8, 4) is 16.9 Å². The number of rotatable bonds is 11. The number of carboxylic acids is 1. The Bertz CT molecular complexity index is 1990. The number of morpholine rings is 1. The van der Waals surface area contributed by atoms with E-state index < -0.39 is 11.8 Å². The molecule has 0 saturated carbocycles. The maximum Gasteiger partial charge on any atom is 0.352 e. The van der Waals surface area contributed by atoms with Gasteiger partial charge in [-0.05, 0) is 81.3 Å². The molecule has 2 aliphatic rings. The Labute approximate surface area is 311 Å². The lowest BCUT2D eigenvalue weighted by Gasteiger charge is -2.28. The maximum absolute atomic E-state index is 16.3. The van der Waals surface area contributed by atoms with Crippen molar-refractivity contribution in [1.82, 2.24) is 24.6 Å². The maximum atomic E-state index is 16.3. The molecule has 284 valence electrons. The zero-order chi connectivity index (χ0) is 37.3. The van der Waals surface area contributed by atoms with Gasteiger partial charge >= 0.3 is 5.97 Å². The van der Waals surface area contributed by atoms with Crippen molar-refractivity contribution >= 4 is 27.6 Å². The predicted molar refractivity (Wildman–Crippen MR) is 208 cm³/mol. The lowest BCUT2D eigenvalue weighted by atomic mass is 9.95. The SMILES string of the molecule is CCNCC.Cc1c2c(nn1C)C(CCN1CCOCC1)OCCCCn1c(C(=O)O)c(CCCOc3cccc4ccccc34)c3ccc(F)c-2c31. The molecule has 0 radical (unpaired) electrons. The smallest absolute Gasteiger partial charge is 0.352 e. The molecule has 2 aromatic heterocycles. The number of nitrogens with zero attached hydrogens (tertiary/aromatic N) is 4. The number of halogens is 1. The topological polar surface area (TPSA) is 103 Å². The van der Waals surface area contributed by atoms with Gasteiger partial charge in [0.1, 0.15) is 23.4 Å². The summed E-state index contributed by atoms with van der Waals surface area (Å²) in [4.78, 5) is 15.4. The van der Waals surface area contributed by atoms with Crippen LogP contribution in [0.15, 0.2) is 54.6 Å². The van der Waals surface area contributed by atoms with Crippen LogP contribution >= 0.6 is 0 Å². The molecule has 0 amide bonds. The molecule has 0 aliphatic carbocycles. The van der Waals surface area contributed by atoms with E-state index >= 15 is 4.39 Å². The fourth-order valence-electron chi connectivity index (χ4n) is 7.64. The van der Waals surface area contributed by atoms with E-state index in [1.807, 2.05) is 48.9 Å². The third-order valence-electron chi connectivity index (χ3n) is 10.4. The summed E-state index contributed by atoms with van der Waals surface area (Å²) in [7, 11) is 1.87. The monoisotopic (exact) mass is 727 g/mol. The average Bonchev–Trinajstić information content (AvgIpc) is 3.63. The molecular weight excluding hydrogens is 673 g/mol. The Hall–Kier alpha value is -4.29. The van der Waals surface area contributed by atoms with Gasteiger partial charge in [0.05, 0.1) is 31.0 Å². The summed E-state index contributed by atoms with van der Waals surface area (Å²) in [6.07, 6.45) is 2.90. The molecule has 1 saturated heterocycles. The summed E-state index contributed by atoms with van der Waals surface area (Å²) in [5, 5.41) is 21.6. The Morgan fingerprint density at radius 3 is 2.51 bits per heavy atom. The number of aromatic nitrogens is 3. The highest BCUT2D eigenvalue weighted by Gasteiger charge is 2.32. The van der Waals surface area contributed by atoms with Gasteiger partial charge in [-0.2, -0.15) is 5.10 Å². The molecule has 53 heavy (non-hydrogen) atoms. The third kappa shape index (κ3) is 8.59. The second-order valence-electron chi connectivity index (χ2n) is 13.8. The van der Waals surface area contributed by atoms with Gasteiger partial charge in [-0.3, -0.25) is 9.58 Å². The van der Waals surface area contributed by atoms with Crippen LogP contribution in [0.25, 0.3) is 32.8 Å². The number of fused-ring (bicyclic) bond motifs is 3. The van der Waals surface area contributed by atoms with E-state index in [1.54, 1.807) is 10.7 Å². The quantitative estimate of drug-likeness (QED) is 0.135. The van der Waals surface area contributed by atoms with Crippen molar-refractivity contribution in [3.63, 3.8) is 0 Å². The van der Waals surface area contributed by atoms with E-state index in [0.717, 1.165) is 66.7 Å². The molecule has 1 fully saturated rings. The van der Waals surface area contributed by atoms with Gasteiger partial charge in [-0.1, -0.05) is 50.2 Å². The van der Waals surface area contributed by atoms with Crippen molar-refractivity contribution in [2.45, 2.75) is 65.5 Å². The zero-order valence-electron chi connectivity index (χ0n) is 31.6. The highest BCUT2D eigenvalue weighted by atomic mass is 19.1. The number of aromatic carboxylic acids is 1. The molecular formula is C42H54FN5O5. The number of carbonyl (C=O) groups is 1. The molecule has 11 heteroatoms. The minimum atomic E-state index is -1.01. The number of nitrogens with one attached hydrogen (secondary N) is 1. The van der Waals surface area contributed by atoms with Gasteiger partial charge in [-0.15, -0.1) is 0 Å². The fraction of sp³-hybridized carbons (Fsp3) is 0.476. The van der Waals surface area contributed by atoms with E-state index in [9.17, 15) is 9.90 Å². The Morgan fingerprint density at radius 1 is 0.981 bits per heavy atom. The van der Waals surface area contributed by atoms with Crippen LogP contribution < -0.4 is 10.1 Å². The zero-order valence-corrected chi connectivity index (χ0v) is 31.6. The van der Waals surface area contributed by atoms with E-state index in [4.69, 9.17) is 19.3 Å². The van der Waals surface area contributed by atoms with Crippen LogP contribution in [-0.4, -0.2) is 89.5 Å². The summed E-state index contributed by atoms with van der Waals surface area (Å²) >= 11 is 0. The van der Waals surface area contributed by atoms with Crippen molar-refractivity contribution in [2.24, 2.45) is 7.05 Å². The van der Waals surface area contributed by atoms with E-state index in [2.05, 4.69) is 36.2 Å². The van der Waals surface area contributed by atoms with Gasteiger partial charge < -0.3 is 29.2 Å². The first-order chi connectivity index (χ1) is 25.8. The van der Waals surface area contributed by atoms with Crippen LogP contribution in [0.1, 0.15) is 73.1 Å². The second kappa shape index (κ2) is 18.2. The van der Waals surface area contributed by atoms with Gasteiger partial charge in [0, 0.05) is 67.4 Å². The van der Waals surface area contributed by atoms with Crippen molar-refractivity contribution in [3.05, 3.63) is 83.1 Å². The number of ether oxygens (including phenoxy) is 3. The molecule has 5 aromatic rings. The molecule has 4 heterocycles. The summed E-state index contributed by atoms with van der Waals surface area (Å²) in [5.41, 5.74) is 4.14. The van der Waals surface area contributed by atoms with Gasteiger partial charge in [-0.25, -0.2) is 9.18 Å². The summed E-state index contributed by atoms with van der Waals surface area (Å²) in [6.45, 7) is 13.7. The minimum absolute atomic E-state index is 0.217. The number of benzene rings is 3. The van der Waals surface area contributed by atoms with Crippen molar-refractivity contribution in [1.29, 1.82) is 0 Å². The van der Waals surface area contributed by atoms with Crippen LogP contribution in [0.5, 0.6) is 5.75 Å². The second-order valence-corrected chi connectivity index (χ2v) is 13.8. The van der Waals surface area contributed by atoms with Crippen molar-refractivity contribution < 1.29 is 28.5 Å². The molecule has 3 aromatic carbocycles. The van der Waals surface area contributed by atoms with Gasteiger partial charge in [0.2, 0.25) is 0 Å². The molecule has 10 nitrogen and oxygen atoms in total. The predicted octanol–water partition coefficient (Wildman–Crippen LogP) is 7.54. The van der Waals surface area contributed by atoms with Gasteiger partial charge in [0.25, 0.3) is 0 Å². The minimum Gasteiger partial charge on any atom is -0.493 e. The highest BCUT2D eigenvalue weighted by molar-refractivity contribution is 6.04. The highest BCUT2D eigenvalue weighted by Crippen LogP contribution is 2.43. The molecule has 1 unspecified atom stereocenters. The molecule has 0 bridgehead atoms. The van der Waals surface area contributed by atoms with Crippen molar-refractivity contribution in [2.75, 3.05) is 59.2 Å². The van der Waals surface area contributed by atoms with E-state index in [1.165, 1.54) is 6.07 Å². The Morgan fingerprint density at radius 2 is 1.75 bits per heavy atom. The van der Waals surface area contributed by atoms with Crippen LogP contribution in [0, 0.1) is 12.7 Å². The van der Waals surface area contributed by atoms with E-state index in [-0.39, 0.29) is 11.8 Å². The van der Waals surface area contributed by atoms with Crippen LogP contribution in [0.3, 0.4) is 0 Å². The first kappa shape index (κ1) is 38.4. The lowest BCUT2D eigenvalue weighted by Crippen LogP contribution is -2.37. The number of aryl methyl sites for hydroxylation is 3. The molecule has 7 rings (SSSR count). The number of carboxylic acid groups (broad SMARTS) is 1. The summed E-state index contributed by atoms with van der Waals surface area (Å²) < 4.78 is 38.2. The molecule has 0 spiro atoms. The van der Waals surface area contributed by atoms with Crippen LogP contribution in [0.4, 0.5) is 4.39 Å². The Kier molecular flexibility index (Phi) is 13.2. The summed E-state index contributed by atoms with van der Waals surface area (Å²) in [6, 6.07) is 17.3.